The van der Waals surface area contributed by atoms with Crippen molar-refractivity contribution >= 4 is 0 Å². The monoisotopic (exact) mass is 291 g/mol. The first kappa shape index (κ1) is 16.8. The molecule has 0 spiro atoms. The Labute approximate surface area is 117 Å². The third-order valence-electron chi connectivity index (χ3n) is 2.84. The largest absolute Gasteiger partial charge is 0.493 e. The lowest BCUT2D eigenvalue weighted by Gasteiger charge is -2.22. The van der Waals surface area contributed by atoms with Crippen molar-refractivity contribution in [2.75, 3.05) is 26.7 Å². The molecule has 0 amide bonds. The summed E-state index contributed by atoms with van der Waals surface area (Å²) in [7, 11) is 1.55. The van der Waals surface area contributed by atoms with Crippen LogP contribution in [0.4, 0.5) is 13.2 Å². The van der Waals surface area contributed by atoms with E-state index in [9.17, 15) is 18.3 Å². The highest BCUT2D eigenvalue weighted by atomic mass is 19.4. The number of alkyl halides is 3. The Morgan fingerprint density at radius 1 is 1.30 bits per heavy atom. The Balaban J connectivity index is 2.59. The number of halogens is 3. The molecule has 0 heterocycles. The molecule has 20 heavy (non-hydrogen) atoms. The first-order valence-corrected chi connectivity index (χ1v) is 6.48. The number of para-hydroxylation sites is 1. The van der Waals surface area contributed by atoms with Gasteiger partial charge in [0.05, 0.1) is 19.1 Å². The number of hydrogen-bond donors (Lipinski definition) is 1. The SMILES string of the molecule is CCOc1ccccc1C(O)CN(C)CCC(F)(F)F. The van der Waals surface area contributed by atoms with E-state index in [-0.39, 0.29) is 13.1 Å². The Kier molecular flexibility index (Phi) is 6.29. The van der Waals surface area contributed by atoms with E-state index in [1.165, 1.54) is 4.90 Å². The highest BCUT2D eigenvalue weighted by Crippen LogP contribution is 2.26. The Hall–Kier alpha value is -1.27. The van der Waals surface area contributed by atoms with Crippen molar-refractivity contribution in [3.05, 3.63) is 29.8 Å². The van der Waals surface area contributed by atoms with Crippen molar-refractivity contribution < 1.29 is 23.0 Å². The number of rotatable bonds is 7. The van der Waals surface area contributed by atoms with Gasteiger partial charge in [-0.2, -0.15) is 13.2 Å². The van der Waals surface area contributed by atoms with Crippen molar-refractivity contribution in [2.24, 2.45) is 0 Å². The average Bonchev–Trinajstić information content (AvgIpc) is 2.36. The molecule has 0 radical (unpaired) electrons. The minimum Gasteiger partial charge on any atom is -0.493 e. The second-order valence-electron chi connectivity index (χ2n) is 4.61. The van der Waals surface area contributed by atoms with E-state index in [0.29, 0.717) is 17.9 Å². The fourth-order valence-corrected chi connectivity index (χ4v) is 1.85. The van der Waals surface area contributed by atoms with Crippen LogP contribution in [0, 0.1) is 0 Å². The van der Waals surface area contributed by atoms with Gasteiger partial charge in [-0.15, -0.1) is 0 Å². The molecule has 1 aromatic carbocycles. The predicted molar refractivity (Wildman–Crippen MR) is 70.7 cm³/mol. The Bertz CT molecular complexity index is 410. The Morgan fingerprint density at radius 3 is 2.55 bits per heavy atom. The van der Waals surface area contributed by atoms with Gasteiger partial charge in [-0.1, -0.05) is 18.2 Å². The molecule has 1 unspecified atom stereocenters. The first-order chi connectivity index (χ1) is 9.33. The molecule has 0 saturated heterocycles. The van der Waals surface area contributed by atoms with Crippen LogP contribution in [-0.2, 0) is 0 Å². The third-order valence-corrected chi connectivity index (χ3v) is 2.84. The number of benzene rings is 1. The van der Waals surface area contributed by atoms with Gasteiger partial charge in [-0.25, -0.2) is 0 Å². The molecular formula is C14H20F3NO2. The van der Waals surface area contributed by atoms with Crippen molar-refractivity contribution in [2.45, 2.75) is 25.6 Å². The highest BCUT2D eigenvalue weighted by molar-refractivity contribution is 5.35. The summed E-state index contributed by atoms with van der Waals surface area (Å²) in [4.78, 5) is 1.46. The number of hydrogen-bond acceptors (Lipinski definition) is 3. The molecule has 6 heteroatoms. The highest BCUT2D eigenvalue weighted by Gasteiger charge is 2.27. The maximum atomic E-state index is 12.1. The molecule has 0 aromatic heterocycles. The Morgan fingerprint density at radius 2 is 1.95 bits per heavy atom. The number of likely N-dealkylation sites (N-methyl/N-ethyl adjacent to an activating group) is 1. The van der Waals surface area contributed by atoms with E-state index in [1.807, 2.05) is 6.92 Å². The van der Waals surface area contributed by atoms with Crippen molar-refractivity contribution in [1.29, 1.82) is 0 Å². The van der Waals surface area contributed by atoms with Crippen LogP contribution < -0.4 is 4.74 Å². The summed E-state index contributed by atoms with van der Waals surface area (Å²) < 4.78 is 41.8. The molecule has 1 N–H and O–H groups in total. The predicted octanol–water partition coefficient (Wildman–Crippen LogP) is 3.00. The lowest BCUT2D eigenvalue weighted by molar-refractivity contribution is -0.137. The van der Waals surface area contributed by atoms with Crippen LogP contribution in [0.5, 0.6) is 5.75 Å². The maximum Gasteiger partial charge on any atom is 0.390 e. The summed E-state index contributed by atoms with van der Waals surface area (Å²) in [6.45, 7) is 2.28. The lowest BCUT2D eigenvalue weighted by Crippen LogP contribution is -2.28. The molecular weight excluding hydrogens is 271 g/mol. The second kappa shape index (κ2) is 7.50. The number of ether oxygens (including phenoxy) is 1. The zero-order valence-electron chi connectivity index (χ0n) is 11.7. The molecule has 114 valence electrons. The summed E-state index contributed by atoms with van der Waals surface area (Å²) in [6, 6.07) is 7.00. The number of aliphatic hydroxyl groups excluding tert-OH is 1. The van der Waals surface area contributed by atoms with Crippen LogP contribution in [0.2, 0.25) is 0 Å². The van der Waals surface area contributed by atoms with Crippen molar-refractivity contribution in [3.8, 4) is 5.75 Å². The second-order valence-corrected chi connectivity index (χ2v) is 4.61. The molecule has 1 rings (SSSR count). The van der Waals surface area contributed by atoms with Gasteiger partial charge < -0.3 is 14.7 Å². The van der Waals surface area contributed by atoms with Gasteiger partial charge in [0.15, 0.2) is 0 Å². The van der Waals surface area contributed by atoms with E-state index in [0.717, 1.165) is 0 Å². The maximum absolute atomic E-state index is 12.1. The van der Waals surface area contributed by atoms with Gasteiger partial charge in [-0.3, -0.25) is 0 Å². The van der Waals surface area contributed by atoms with Crippen LogP contribution in [0.1, 0.15) is 25.0 Å². The number of nitrogens with zero attached hydrogens (tertiary/aromatic N) is 1. The molecule has 0 saturated carbocycles. The van der Waals surface area contributed by atoms with Crippen LogP contribution >= 0.6 is 0 Å². The smallest absolute Gasteiger partial charge is 0.390 e. The van der Waals surface area contributed by atoms with Crippen LogP contribution in [0.15, 0.2) is 24.3 Å². The third kappa shape index (κ3) is 5.79. The number of aliphatic hydroxyl groups is 1. The van der Waals surface area contributed by atoms with E-state index in [1.54, 1.807) is 31.3 Å². The van der Waals surface area contributed by atoms with Crippen molar-refractivity contribution in [1.82, 2.24) is 4.90 Å². The standard InChI is InChI=1S/C14H20F3NO2/c1-3-20-13-7-5-4-6-11(13)12(19)10-18(2)9-8-14(15,16)17/h4-7,12,19H,3,8-10H2,1-2H3. The van der Waals surface area contributed by atoms with Crippen LogP contribution in [-0.4, -0.2) is 42.9 Å². The van der Waals surface area contributed by atoms with E-state index < -0.39 is 18.7 Å². The summed E-state index contributed by atoms with van der Waals surface area (Å²) in [5.41, 5.74) is 0.591. The molecule has 0 aliphatic carbocycles. The molecule has 1 aromatic rings. The normalized spacial score (nSPS) is 13.6. The quantitative estimate of drug-likeness (QED) is 0.838. The molecule has 0 bridgehead atoms. The van der Waals surface area contributed by atoms with Gasteiger partial charge in [-0.05, 0) is 20.0 Å². The van der Waals surface area contributed by atoms with Crippen LogP contribution in [0.25, 0.3) is 0 Å². The van der Waals surface area contributed by atoms with Gasteiger partial charge in [0.2, 0.25) is 0 Å². The van der Waals surface area contributed by atoms with Gasteiger partial charge >= 0.3 is 6.18 Å². The zero-order chi connectivity index (χ0) is 15.2. The first-order valence-electron chi connectivity index (χ1n) is 6.48. The zero-order valence-corrected chi connectivity index (χ0v) is 11.7. The topological polar surface area (TPSA) is 32.7 Å². The van der Waals surface area contributed by atoms with E-state index in [4.69, 9.17) is 4.74 Å². The van der Waals surface area contributed by atoms with Gasteiger partial charge in [0.25, 0.3) is 0 Å². The summed E-state index contributed by atoms with van der Waals surface area (Å²) in [6.07, 6.45) is -5.94. The molecule has 0 fully saturated rings. The van der Waals surface area contributed by atoms with Crippen LogP contribution in [0.3, 0.4) is 0 Å². The van der Waals surface area contributed by atoms with Gasteiger partial charge in [0, 0.05) is 18.7 Å². The molecule has 3 nitrogen and oxygen atoms in total. The summed E-state index contributed by atoms with van der Waals surface area (Å²) in [5.74, 6) is 0.562. The minimum atomic E-state index is -4.18. The molecule has 0 aliphatic heterocycles. The summed E-state index contributed by atoms with van der Waals surface area (Å²) >= 11 is 0. The average molecular weight is 291 g/mol. The molecule has 0 aliphatic rings. The fourth-order valence-electron chi connectivity index (χ4n) is 1.85. The van der Waals surface area contributed by atoms with Gasteiger partial charge in [0.1, 0.15) is 5.75 Å². The van der Waals surface area contributed by atoms with E-state index >= 15 is 0 Å². The molecule has 1 atom stereocenters. The summed E-state index contributed by atoms with van der Waals surface area (Å²) in [5, 5.41) is 10.1. The lowest BCUT2D eigenvalue weighted by atomic mass is 10.1. The fraction of sp³-hybridized carbons (Fsp3) is 0.571. The van der Waals surface area contributed by atoms with E-state index in [2.05, 4.69) is 0 Å². The minimum absolute atomic E-state index is 0.125. The van der Waals surface area contributed by atoms with Crippen molar-refractivity contribution in [3.63, 3.8) is 0 Å².